The summed E-state index contributed by atoms with van der Waals surface area (Å²) in [6.07, 6.45) is 0.904. The third kappa shape index (κ3) is 4.60. The first-order valence-corrected chi connectivity index (χ1v) is 6.89. The average molecular weight is 241 g/mol. The van der Waals surface area contributed by atoms with Gasteiger partial charge in [0.05, 0.1) is 10.7 Å². The smallest absolute Gasteiger partial charge is 0.0941 e. The third-order valence-corrected chi connectivity index (χ3v) is 3.37. The van der Waals surface area contributed by atoms with Crippen LogP contribution in [0.2, 0.25) is 0 Å². The monoisotopic (exact) mass is 241 g/mol. The molecule has 4 heteroatoms. The quantitative estimate of drug-likeness (QED) is 0.795. The van der Waals surface area contributed by atoms with E-state index < -0.39 is 0 Å². The Kier molecular flexibility index (Phi) is 5.95. The van der Waals surface area contributed by atoms with Crippen molar-refractivity contribution in [1.29, 1.82) is 0 Å². The largest absolute Gasteiger partial charge is 0.330 e. The van der Waals surface area contributed by atoms with Gasteiger partial charge in [0, 0.05) is 24.9 Å². The minimum Gasteiger partial charge on any atom is -0.330 e. The number of rotatable bonds is 7. The van der Waals surface area contributed by atoms with E-state index in [1.807, 2.05) is 0 Å². The fourth-order valence-corrected chi connectivity index (χ4v) is 2.52. The van der Waals surface area contributed by atoms with Crippen LogP contribution in [0.1, 0.15) is 31.5 Å². The van der Waals surface area contributed by atoms with E-state index in [1.54, 1.807) is 11.3 Å². The van der Waals surface area contributed by atoms with E-state index >= 15 is 0 Å². The molecule has 1 aromatic heterocycles. The molecule has 1 rings (SSSR count). The first-order chi connectivity index (χ1) is 7.65. The number of thiazole rings is 1. The van der Waals surface area contributed by atoms with Crippen LogP contribution in [0.15, 0.2) is 5.38 Å². The first kappa shape index (κ1) is 13.6. The van der Waals surface area contributed by atoms with Crippen molar-refractivity contribution < 1.29 is 0 Å². The lowest BCUT2D eigenvalue weighted by atomic mass is 10.2. The number of nitrogens with zero attached hydrogens (tertiary/aromatic N) is 2. The van der Waals surface area contributed by atoms with Gasteiger partial charge in [-0.1, -0.05) is 20.8 Å². The van der Waals surface area contributed by atoms with Gasteiger partial charge in [0.25, 0.3) is 0 Å². The zero-order chi connectivity index (χ0) is 12.0. The Morgan fingerprint density at radius 1 is 1.50 bits per heavy atom. The summed E-state index contributed by atoms with van der Waals surface area (Å²) in [5.41, 5.74) is 6.71. The molecule has 0 aliphatic carbocycles. The van der Waals surface area contributed by atoms with Gasteiger partial charge >= 0.3 is 0 Å². The normalized spacial score (nSPS) is 11.6. The lowest BCUT2D eigenvalue weighted by Gasteiger charge is -2.21. The van der Waals surface area contributed by atoms with Crippen molar-refractivity contribution in [2.75, 3.05) is 19.6 Å². The van der Waals surface area contributed by atoms with Gasteiger partial charge < -0.3 is 5.73 Å². The molecular formula is C12H23N3S. The van der Waals surface area contributed by atoms with Crippen LogP contribution in [-0.4, -0.2) is 29.5 Å². The van der Waals surface area contributed by atoms with Gasteiger partial charge in [-0.05, 0) is 19.0 Å². The Hall–Kier alpha value is -0.450. The minimum absolute atomic E-state index is 0.691. The van der Waals surface area contributed by atoms with Crippen molar-refractivity contribution >= 4 is 11.3 Å². The topological polar surface area (TPSA) is 42.1 Å². The maximum atomic E-state index is 5.52. The predicted octanol–water partition coefficient (Wildman–Crippen LogP) is 2.12. The van der Waals surface area contributed by atoms with Crippen LogP contribution in [-0.2, 0) is 13.0 Å². The Labute approximate surface area is 103 Å². The van der Waals surface area contributed by atoms with Crippen molar-refractivity contribution in [2.45, 2.75) is 33.7 Å². The highest BCUT2D eigenvalue weighted by molar-refractivity contribution is 7.09. The van der Waals surface area contributed by atoms with E-state index in [0.717, 1.165) is 31.1 Å². The maximum Gasteiger partial charge on any atom is 0.0941 e. The van der Waals surface area contributed by atoms with Crippen LogP contribution in [0.25, 0.3) is 0 Å². The molecule has 0 bridgehead atoms. The van der Waals surface area contributed by atoms with Crippen LogP contribution in [0, 0.1) is 5.92 Å². The van der Waals surface area contributed by atoms with E-state index in [0.29, 0.717) is 12.5 Å². The van der Waals surface area contributed by atoms with Crippen molar-refractivity contribution in [3.8, 4) is 0 Å². The summed E-state index contributed by atoms with van der Waals surface area (Å²) in [6.45, 7) is 10.6. The van der Waals surface area contributed by atoms with E-state index in [9.17, 15) is 0 Å². The molecule has 0 aliphatic rings. The van der Waals surface area contributed by atoms with E-state index in [4.69, 9.17) is 5.73 Å². The molecule has 1 aromatic rings. The summed E-state index contributed by atoms with van der Waals surface area (Å²) in [6, 6.07) is 0. The molecule has 0 radical (unpaired) electrons. The van der Waals surface area contributed by atoms with Gasteiger partial charge in [-0.3, -0.25) is 4.90 Å². The van der Waals surface area contributed by atoms with Crippen molar-refractivity contribution in [2.24, 2.45) is 11.7 Å². The van der Waals surface area contributed by atoms with Gasteiger partial charge in [0.15, 0.2) is 0 Å². The van der Waals surface area contributed by atoms with Crippen LogP contribution in [0.5, 0.6) is 0 Å². The molecule has 0 saturated carbocycles. The van der Waals surface area contributed by atoms with Crippen LogP contribution in [0.4, 0.5) is 0 Å². The van der Waals surface area contributed by atoms with Crippen molar-refractivity contribution in [3.63, 3.8) is 0 Å². The maximum absolute atomic E-state index is 5.52. The lowest BCUT2D eigenvalue weighted by Crippen LogP contribution is -2.27. The molecule has 2 N–H and O–H groups in total. The van der Waals surface area contributed by atoms with Gasteiger partial charge in [0.1, 0.15) is 0 Å². The average Bonchev–Trinajstić information content (AvgIpc) is 2.64. The second kappa shape index (κ2) is 6.99. The number of nitrogens with two attached hydrogens (primary N) is 1. The molecule has 3 nitrogen and oxygen atoms in total. The van der Waals surface area contributed by atoms with Gasteiger partial charge in [-0.15, -0.1) is 11.3 Å². The molecule has 16 heavy (non-hydrogen) atoms. The number of hydrogen-bond acceptors (Lipinski definition) is 4. The summed E-state index contributed by atoms with van der Waals surface area (Å²) in [5, 5.41) is 3.33. The molecule has 92 valence electrons. The van der Waals surface area contributed by atoms with Crippen LogP contribution in [0.3, 0.4) is 0 Å². The third-order valence-electron chi connectivity index (χ3n) is 2.41. The summed E-state index contributed by atoms with van der Waals surface area (Å²) in [7, 11) is 0. The van der Waals surface area contributed by atoms with Gasteiger partial charge in [-0.2, -0.15) is 0 Å². The number of hydrogen-bond donors (Lipinski definition) is 1. The molecule has 0 fully saturated rings. The highest BCUT2D eigenvalue weighted by Crippen LogP contribution is 2.12. The summed E-state index contributed by atoms with van der Waals surface area (Å²) < 4.78 is 0. The molecular weight excluding hydrogens is 218 g/mol. The van der Waals surface area contributed by atoms with E-state index in [1.165, 1.54) is 5.69 Å². The second-order valence-electron chi connectivity index (χ2n) is 4.49. The standard InChI is InChI=1S/C12H23N3S/c1-4-15(7-10(2)3)8-11-9-16-12(14-11)5-6-13/h9-10H,4-8,13H2,1-3H3. The summed E-state index contributed by atoms with van der Waals surface area (Å²) >= 11 is 1.73. The highest BCUT2D eigenvalue weighted by Gasteiger charge is 2.08. The summed E-state index contributed by atoms with van der Waals surface area (Å²) in [5.74, 6) is 0.710. The second-order valence-corrected chi connectivity index (χ2v) is 5.44. The fraction of sp³-hybridized carbons (Fsp3) is 0.750. The van der Waals surface area contributed by atoms with Crippen LogP contribution < -0.4 is 5.73 Å². The van der Waals surface area contributed by atoms with E-state index in [-0.39, 0.29) is 0 Å². The zero-order valence-electron chi connectivity index (χ0n) is 10.6. The molecule has 0 amide bonds. The highest BCUT2D eigenvalue weighted by atomic mass is 32.1. The molecule has 0 spiro atoms. The molecule has 0 unspecified atom stereocenters. The molecule has 1 heterocycles. The number of aromatic nitrogens is 1. The fourth-order valence-electron chi connectivity index (χ4n) is 1.71. The van der Waals surface area contributed by atoms with Gasteiger partial charge in [-0.25, -0.2) is 4.98 Å². The Morgan fingerprint density at radius 3 is 2.81 bits per heavy atom. The first-order valence-electron chi connectivity index (χ1n) is 6.01. The molecule has 0 aromatic carbocycles. The van der Waals surface area contributed by atoms with Crippen LogP contribution >= 0.6 is 11.3 Å². The Bertz CT molecular complexity index is 296. The molecule has 0 saturated heterocycles. The predicted molar refractivity (Wildman–Crippen MR) is 70.7 cm³/mol. The lowest BCUT2D eigenvalue weighted by molar-refractivity contribution is 0.246. The Balaban J connectivity index is 2.49. The van der Waals surface area contributed by atoms with E-state index in [2.05, 4.69) is 36.0 Å². The minimum atomic E-state index is 0.691. The molecule has 0 aliphatic heterocycles. The van der Waals surface area contributed by atoms with Crippen molar-refractivity contribution in [1.82, 2.24) is 9.88 Å². The SMILES string of the molecule is CCN(Cc1csc(CCN)n1)CC(C)C. The Morgan fingerprint density at radius 2 is 2.25 bits per heavy atom. The van der Waals surface area contributed by atoms with Crippen molar-refractivity contribution in [3.05, 3.63) is 16.1 Å². The zero-order valence-corrected chi connectivity index (χ0v) is 11.4. The summed E-state index contributed by atoms with van der Waals surface area (Å²) in [4.78, 5) is 7.03. The van der Waals surface area contributed by atoms with Gasteiger partial charge in [0.2, 0.25) is 0 Å². The molecule has 0 atom stereocenters.